The summed E-state index contributed by atoms with van der Waals surface area (Å²) in [6.45, 7) is 1.86. The first kappa shape index (κ1) is 11.5. The molecule has 2 heterocycles. The predicted molar refractivity (Wildman–Crippen MR) is 66.1 cm³/mol. The van der Waals surface area contributed by atoms with Gasteiger partial charge in [0.15, 0.2) is 0 Å². The topological polar surface area (TPSA) is 38.8 Å². The molecule has 96 valence electrons. The number of fused-ring (bicyclic) bond motifs is 1. The van der Waals surface area contributed by atoms with Gasteiger partial charge in [0.25, 0.3) is 0 Å². The summed E-state index contributed by atoms with van der Waals surface area (Å²) in [7, 11) is 0. The first-order valence-electron chi connectivity index (χ1n) is 6.43. The fourth-order valence-electron chi connectivity index (χ4n) is 2.73. The zero-order valence-corrected chi connectivity index (χ0v) is 10.2. The summed E-state index contributed by atoms with van der Waals surface area (Å²) >= 11 is 0. The third-order valence-corrected chi connectivity index (χ3v) is 3.67. The van der Waals surface area contributed by atoms with Crippen molar-refractivity contribution in [3.8, 4) is 0 Å². The number of amides is 1. The van der Waals surface area contributed by atoms with Crippen molar-refractivity contribution >= 4 is 6.09 Å². The van der Waals surface area contributed by atoms with Crippen LogP contribution in [0.25, 0.3) is 0 Å². The number of benzene rings is 1. The quantitative estimate of drug-likeness (QED) is 0.804. The van der Waals surface area contributed by atoms with E-state index in [-0.39, 0.29) is 18.2 Å². The summed E-state index contributed by atoms with van der Waals surface area (Å²) in [4.78, 5) is 13.8. The van der Waals surface area contributed by atoms with Crippen molar-refractivity contribution in [2.45, 2.75) is 31.6 Å². The standard InChI is InChI=1S/C14H17NO3/c16-14(18-10-11-4-2-1-3-5-11)15-8-6-13-12(15)7-9-17-13/h1-5,12-13H,6-10H2. The lowest BCUT2D eigenvalue weighted by molar-refractivity contribution is 0.0819. The van der Waals surface area contributed by atoms with E-state index in [1.807, 2.05) is 35.2 Å². The van der Waals surface area contributed by atoms with E-state index in [1.54, 1.807) is 0 Å². The van der Waals surface area contributed by atoms with Crippen LogP contribution in [-0.4, -0.2) is 36.3 Å². The van der Waals surface area contributed by atoms with E-state index in [4.69, 9.17) is 9.47 Å². The Labute approximate surface area is 106 Å². The van der Waals surface area contributed by atoms with Crippen LogP contribution in [0.1, 0.15) is 18.4 Å². The summed E-state index contributed by atoms with van der Waals surface area (Å²) in [5, 5.41) is 0. The monoisotopic (exact) mass is 247 g/mol. The number of carbonyl (C=O) groups is 1. The van der Waals surface area contributed by atoms with Gasteiger partial charge in [-0.3, -0.25) is 0 Å². The molecule has 2 atom stereocenters. The molecule has 0 radical (unpaired) electrons. The summed E-state index contributed by atoms with van der Waals surface area (Å²) < 4.78 is 10.9. The van der Waals surface area contributed by atoms with E-state index in [0.29, 0.717) is 6.61 Å². The summed E-state index contributed by atoms with van der Waals surface area (Å²) in [6, 6.07) is 9.98. The van der Waals surface area contributed by atoms with Crippen LogP contribution >= 0.6 is 0 Å². The van der Waals surface area contributed by atoms with Crippen molar-refractivity contribution in [2.75, 3.05) is 13.2 Å². The molecule has 0 bridgehead atoms. The van der Waals surface area contributed by atoms with Crippen molar-refractivity contribution in [2.24, 2.45) is 0 Å². The highest BCUT2D eigenvalue weighted by Gasteiger charge is 2.41. The minimum absolute atomic E-state index is 0.211. The Bertz CT molecular complexity index is 420. The number of likely N-dealkylation sites (tertiary alicyclic amines) is 1. The molecule has 18 heavy (non-hydrogen) atoms. The van der Waals surface area contributed by atoms with Crippen LogP contribution < -0.4 is 0 Å². The third kappa shape index (κ3) is 2.20. The van der Waals surface area contributed by atoms with Crippen molar-refractivity contribution in [3.63, 3.8) is 0 Å². The number of nitrogens with zero attached hydrogens (tertiary/aromatic N) is 1. The van der Waals surface area contributed by atoms with Gasteiger partial charge < -0.3 is 14.4 Å². The molecule has 0 saturated carbocycles. The second-order valence-corrected chi connectivity index (χ2v) is 4.79. The normalized spacial score (nSPS) is 26.1. The highest BCUT2D eigenvalue weighted by molar-refractivity contribution is 5.68. The van der Waals surface area contributed by atoms with Gasteiger partial charge in [-0.15, -0.1) is 0 Å². The van der Waals surface area contributed by atoms with Gasteiger partial charge in [-0.1, -0.05) is 30.3 Å². The Kier molecular flexibility index (Phi) is 3.19. The van der Waals surface area contributed by atoms with Gasteiger partial charge in [-0.25, -0.2) is 4.79 Å². The van der Waals surface area contributed by atoms with Gasteiger partial charge in [0, 0.05) is 13.2 Å². The van der Waals surface area contributed by atoms with E-state index >= 15 is 0 Å². The summed E-state index contributed by atoms with van der Waals surface area (Å²) in [6.07, 6.45) is 1.89. The lowest BCUT2D eigenvalue weighted by Crippen LogP contribution is -2.37. The van der Waals surface area contributed by atoms with Crippen LogP contribution in [0.3, 0.4) is 0 Å². The van der Waals surface area contributed by atoms with Gasteiger partial charge in [-0.2, -0.15) is 0 Å². The molecular weight excluding hydrogens is 230 g/mol. The molecule has 1 aromatic rings. The van der Waals surface area contributed by atoms with Gasteiger partial charge in [0.1, 0.15) is 6.61 Å². The molecule has 2 fully saturated rings. The maximum Gasteiger partial charge on any atom is 0.410 e. The van der Waals surface area contributed by atoms with Crippen LogP contribution in [-0.2, 0) is 16.1 Å². The molecule has 0 spiro atoms. The van der Waals surface area contributed by atoms with E-state index in [0.717, 1.165) is 31.6 Å². The van der Waals surface area contributed by atoms with E-state index in [1.165, 1.54) is 0 Å². The van der Waals surface area contributed by atoms with Gasteiger partial charge in [0.05, 0.1) is 12.1 Å². The third-order valence-electron chi connectivity index (χ3n) is 3.67. The molecule has 1 amide bonds. The van der Waals surface area contributed by atoms with Gasteiger partial charge in [-0.05, 0) is 18.4 Å². The van der Waals surface area contributed by atoms with Crippen molar-refractivity contribution < 1.29 is 14.3 Å². The lowest BCUT2D eigenvalue weighted by Gasteiger charge is -2.22. The Balaban J connectivity index is 1.56. The fourth-order valence-corrected chi connectivity index (χ4v) is 2.73. The molecule has 0 aliphatic carbocycles. The van der Waals surface area contributed by atoms with Crippen LogP contribution in [0.5, 0.6) is 0 Å². The number of hydrogen-bond donors (Lipinski definition) is 0. The maximum absolute atomic E-state index is 12.0. The minimum atomic E-state index is -0.211. The number of carbonyl (C=O) groups excluding carboxylic acids is 1. The number of ether oxygens (including phenoxy) is 2. The van der Waals surface area contributed by atoms with Gasteiger partial charge >= 0.3 is 6.09 Å². The van der Waals surface area contributed by atoms with Crippen LogP contribution in [0, 0.1) is 0 Å². The minimum Gasteiger partial charge on any atom is -0.445 e. The summed E-state index contributed by atoms with van der Waals surface area (Å²) in [5.41, 5.74) is 1.02. The smallest absolute Gasteiger partial charge is 0.410 e. The average Bonchev–Trinajstić information content (AvgIpc) is 2.99. The Morgan fingerprint density at radius 1 is 1.33 bits per heavy atom. The van der Waals surface area contributed by atoms with Gasteiger partial charge in [0.2, 0.25) is 0 Å². The van der Waals surface area contributed by atoms with Crippen LogP contribution in [0.15, 0.2) is 30.3 Å². The number of hydrogen-bond acceptors (Lipinski definition) is 3. The summed E-state index contributed by atoms with van der Waals surface area (Å²) in [5.74, 6) is 0. The first-order chi connectivity index (χ1) is 8.84. The first-order valence-corrected chi connectivity index (χ1v) is 6.43. The molecule has 3 rings (SSSR count). The maximum atomic E-state index is 12.0. The molecule has 2 unspecified atom stereocenters. The lowest BCUT2D eigenvalue weighted by atomic mass is 10.1. The van der Waals surface area contributed by atoms with Crippen molar-refractivity contribution in [1.29, 1.82) is 0 Å². The van der Waals surface area contributed by atoms with Crippen molar-refractivity contribution in [1.82, 2.24) is 4.90 Å². The predicted octanol–water partition coefficient (Wildman–Crippen LogP) is 2.19. The fraction of sp³-hybridized carbons (Fsp3) is 0.500. The van der Waals surface area contributed by atoms with E-state index in [9.17, 15) is 4.79 Å². The molecule has 2 aliphatic rings. The highest BCUT2D eigenvalue weighted by Crippen LogP contribution is 2.29. The molecule has 0 aromatic heterocycles. The molecule has 2 saturated heterocycles. The molecule has 2 aliphatic heterocycles. The largest absolute Gasteiger partial charge is 0.445 e. The Morgan fingerprint density at radius 3 is 3.00 bits per heavy atom. The SMILES string of the molecule is O=C(OCc1ccccc1)N1CCC2OCCC21. The Hall–Kier alpha value is -1.55. The van der Waals surface area contributed by atoms with Crippen LogP contribution in [0.2, 0.25) is 0 Å². The van der Waals surface area contributed by atoms with Crippen molar-refractivity contribution in [3.05, 3.63) is 35.9 Å². The molecule has 1 aromatic carbocycles. The Morgan fingerprint density at radius 2 is 2.17 bits per heavy atom. The molecule has 0 N–H and O–H groups in total. The highest BCUT2D eigenvalue weighted by atomic mass is 16.6. The molecular formula is C14H17NO3. The zero-order valence-electron chi connectivity index (χ0n) is 10.2. The average molecular weight is 247 g/mol. The zero-order chi connectivity index (χ0) is 12.4. The van der Waals surface area contributed by atoms with E-state index in [2.05, 4.69) is 0 Å². The molecule has 4 heteroatoms. The van der Waals surface area contributed by atoms with E-state index < -0.39 is 0 Å². The second-order valence-electron chi connectivity index (χ2n) is 4.79. The number of rotatable bonds is 2. The molecule has 4 nitrogen and oxygen atoms in total. The van der Waals surface area contributed by atoms with Crippen LogP contribution in [0.4, 0.5) is 4.79 Å². The second kappa shape index (κ2) is 4.98.